The molecule has 0 fully saturated rings. The lowest BCUT2D eigenvalue weighted by molar-refractivity contribution is 0.0270. The van der Waals surface area contributed by atoms with E-state index < -0.39 is 5.60 Å². The monoisotopic (exact) mass is 602 g/mol. The minimum atomic E-state index is -0.513. The maximum absolute atomic E-state index is 12.5. The molecule has 5 aromatic rings. The van der Waals surface area contributed by atoms with Gasteiger partial charge >= 0.3 is 6.09 Å². The SMILES string of the molecule is Cn1nc(-c2ccc(OCc3ccccc3)nc2OCc2ccccc2)c2ccc(C3=CCN(C(=O)OC(C)(C)C)CC3)cc21. The second-order valence-corrected chi connectivity index (χ2v) is 12.2. The number of fused-ring (bicyclic) bond motifs is 1. The summed E-state index contributed by atoms with van der Waals surface area (Å²) in [5.41, 5.74) is 6.49. The smallest absolute Gasteiger partial charge is 0.410 e. The Hall–Kier alpha value is -5.11. The normalized spacial score (nSPS) is 13.4. The van der Waals surface area contributed by atoms with Crippen molar-refractivity contribution in [3.05, 3.63) is 114 Å². The zero-order valence-electron chi connectivity index (χ0n) is 26.2. The largest absolute Gasteiger partial charge is 0.473 e. The number of hydrogen-bond donors (Lipinski definition) is 0. The highest BCUT2D eigenvalue weighted by Crippen LogP contribution is 2.36. The molecule has 6 rings (SSSR count). The first kappa shape index (κ1) is 29.9. The van der Waals surface area contributed by atoms with Crippen LogP contribution in [0.15, 0.2) is 97.1 Å². The lowest BCUT2D eigenvalue weighted by Gasteiger charge is -2.29. The molecule has 8 nitrogen and oxygen atoms in total. The Bertz CT molecular complexity index is 1820. The molecule has 0 N–H and O–H groups in total. The fraction of sp³-hybridized carbons (Fsp3) is 0.270. The molecule has 0 unspecified atom stereocenters. The van der Waals surface area contributed by atoms with Crippen molar-refractivity contribution in [1.82, 2.24) is 19.7 Å². The van der Waals surface area contributed by atoms with Gasteiger partial charge in [0.1, 0.15) is 24.5 Å². The number of aryl methyl sites for hydroxylation is 1. The molecule has 2 aromatic heterocycles. The zero-order chi connectivity index (χ0) is 31.4. The van der Waals surface area contributed by atoms with Crippen LogP contribution in [0, 0.1) is 0 Å². The minimum absolute atomic E-state index is 0.278. The predicted molar refractivity (Wildman–Crippen MR) is 176 cm³/mol. The summed E-state index contributed by atoms with van der Waals surface area (Å²) < 4.78 is 19.8. The molecule has 1 amide bonds. The van der Waals surface area contributed by atoms with Crippen LogP contribution in [0.3, 0.4) is 0 Å². The van der Waals surface area contributed by atoms with E-state index in [-0.39, 0.29) is 6.09 Å². The quantitative estimate of drug-likeness (QED) is 0.180. The summed E-state index contributed by atoms with van der Waals surface area (Å²) in [7, 11) is 1.95. The third-order valence-electron chi connectivity index (χ3n) is 7.62. The van der Waals surface area contributed by atoms with E-state index in [0.717, 1.165) is 45.3 Å². The van der Waals surface area contributed by atoms with E-state index in [9.17, 15) is 4.79 Å². The maximum atomic E-state index is 12.5. The van der Waals surface area contributed by atoms with E-state index in [2.05, 4.69) is 24.3 Å². The molecule has 1 aliphatic heterocycles. The second kappa shape index (κ2) is 12.9. The van der Waals surface area contributed by atoms with Crippen molar-refractivity contribution in [3.8, 4) is 23.0 Å². The number of hydrogen-bond acceptors (Lipinski definition) is 6. The summed E-state index contributed by atoms with van der Waals surface area (Å²) in [6, 6.07) is 30.3. The lowest BCUT2D eigenvalue weighted by atomic mass is 9.97. The van der Waals surface area contributed by atoms with Gasteiger partial charge in [-0.15, -0.1) is 0 Å². The summed E-state index contributed by atoms with van der Waals surface area (Å²) in [5.74, 6) is 0.948. The molecule has 3 heterocycles. The van der Waals surface area contributed by atoms with Crippen molar-refractivity contribution in [2.24, 2.45) is 7.05 Å². The van der Waals surface area contributed by atoms with Crippen LogP contribution in [0.4, 0.5) is 4.79 Å². The van der Waals surface area contributed by atoms with Crippen LogP contribution in [0.1, 0.15) is 43.9 Å². The number of nitrogens with zero attached hydrogens (tertiary/aromatic N) is 4. The molecule has 0 atom stereocenters. The Morgan fingerprint density at radius 1 is 0.867 bits per heavy atom. The highest BCUT2D eigenvalue weighted by molar-refractivity contribution is 5.96. The first-order chi connectivity index (χ1) is 21.7. The van der Waals surface area contributed by atoms with Gasteiger partial charge in [0.2, 0.25) is 11.8 Å². The fourth-order valence-corrected chi connectivity index (χ4v) is 5.33. The summed E-state index contributed by atoms with van der Waals surface area (Å²) in [4.78, 5) is 19.1. The molecule has 0 spiro atoms. The van der Waals surface area contributed by atoms with Crippen molar-refractivity contribution in [1.29, 1.82) is 0 Å². The number of rotatable bonds is 8. The van der Waals surface area contributed by atoms with E-state index in [1.165, 1.54) is 5.57 Å². The van der Waals surface area contributed by atoms with Crippen LogP contribution in [0.25, 0.3) is 27.7 Å². The Labute approximate surface area is 263 Å². The van der Waals surface area contributed by atoms with Gasteiger partial charge in [-0.05, 0) is 67.7 Å². The molecule has 8 heteroatoms. The average Bonchev–Trinajstić information content (AvgIpc) is 3.38. The van der Waals surface area contributed by atoms with Gasteiger partial charge in [0.25, 0.3) is 0 Å². The highest BCUT2D eigenvalue weighted by Gasteiger charge is 2.24. The molecule has 0 radical (unpaired) electrons. The third kappa shape index (κ3) is 7.17. The van der Waals surface area contributed by atoms with Gasteiger partial charge in [0, 0.05) is 31.6 Å². The summed E-state index contributed by atoms with van der Waals surface area (Å²) in [6.07, 6.45) is 2.58. The topological polar surface area (TPSA) is 78.7 Å². The van der Waals surface area contributed by atoms with Crippen LogP contribution < -0.4 is 9.47 Å². The van der Waals surface area contributed by atoms with Crippen LogP contribution in [-0.4, -0.2) is 44.4 Å². The standard InChI is InChI=1S/C37H38N4O4/c1-37(2,3)45-36(42)41-21-19-28(20-22-41)29-15-16-30-32(23-29)40(4)39-34(30)31-17-18-33(43-24-26-11-7-5-8-12-26)38-35(31)44-25-27-13-9-6-10-14-27/h5-19,23H,20-22,24-25H2,1-4H3. The second-order valence-electron chi connectivity index (χ2n) is 12.2. The van der Waals surface area contributed by atoms with Crippen LogP contribution >= 0.6 is 0 Å². The average molecular weight is 603 g/mol. The van der Waals surface area contributed by atoms with Crippen LogP contribution in [0.2, 0.25) is 0 Å². The summed E-state index contributed by atoms with van der Waals surface area (Å²) >= 11 is 0. The molecule has 45 heavy (non-hydrogen) atoms. The molecule has 0 bridgehead atoms. The van der Waals surface area contributed by atoms with E-state index in [1.54, 1.807) is 4.90 Å². The van der Waals surface area contributed by atoms with E-state index in [4.69, 9.17) is 24.3 Å². The van der Waals surface area contributed by atoms with Crippen molar-refractivity contribution >= 4 is 22.6 Å². The Kier molecular flexibility index (Phi) is 8.56. The van der Waals surface area contributed by atoms with Crippen LogP contribution in [-0.2, 0) is 25.0 Å². The first-order valence-electron chi connectivity index (χ1n) is 15.2. The van der Waals surface area contributed by atoms with Crippen molar-refractivity contribution in [2.45, 2.75) is 46.0 Å². The predicted octanol–water partition coefficient (Wildman–Crippen LogP) is 7.82. The molecule has 3 aromatic carbocycles. The van der Waals surface area contributed by atoms with Gasteiger partial charge in [-0.2, -0.15) is 10.1 Å². The van der Waals surface area contributed by atoms with Gasteiger partial charge in [-0.25, -0.2) is 4.79 Å². The Morgan fingerprint density at radius 2 is 1.56 bits per heavy atom. The number of benzene rings is 3. The molecular weight excluding hydrogens is 564 g/mol. The van der Waals surface area contributed by atoms with E-state index in [1.807, 2.05) is 105 Å². The Morgan fingerprint density at radius 3 is 2.20 bits per heavy atom. The number of ether oxygens (including phenoxy) is 3. The van der Waals surface area contributed by atoms with Gasteiger partial charge in [-0.1, -0.05) is 72.8 Å². The van der Waals surface area contributed by atoms with Gasteiger partial charge in [0.05, 0.1) is 11.1 Å². The number of pyridine rings is 1. The highest BCUT2D eigenvalue weighted by atomic mass is 16.6. The molecule has 230 valence electrons. The lowest BCUT2D eigenvalue weighted by Crippen LogP contribution is -2.39. The summed E-state index contributed by atoms with van der Waals surface area (Å²) in [5, 5.41) is 5.92. The van der Waals surface area contributed by atoms with Gasteiger partial charge in [0.15, 0.2) is 0 Å². The number of carbonyl (C=O) groups excluding carboxylic acids is 1. The molecular formula is C37H38N4O4. The summed E-state index contributed by atoms with van der Waals surface area (Å²) in [6.45, 7) is 7.56. The first-order valence-corrected chi connectivity index (χ1v) is 15.2. The maximum Gasteiger partial charge on any atom is 0.410 e. The zero-order valence-corrected chi connectivity index (χ0v) is 26.2. The minimum Gasteiger partial charge on any atom is -0.473 e. The van der Waals surface area contributed by atoms with E-state index in [0.29, 0.717) is 38.1 Å². The number of amides is 1. The number of carbonyl (C=O) groups is 1. The third-order valence-corrected chi connectivity index (χ3v) is 7.62. The van der Waals surface area contributed by atoms with Gasteiger partial charge in [-0.3, -0.25) is 4.68 Å². The number of aromatic nitrogens is 3. The molecule has 1 aliphatic rings. The molecule has 0 saturated heterocycles. The fourth-order valence-electron chi connectivity index (χ4n) is 5.33. The van der Waals surface area contributed by atoms with Crippen LogP contribution in [0.5, 0.6) is 11.8 Å². The van der Waals surface area contributed by atoms with Gasteiger partial charge < -0.3 is 19.1 Å². The molecule has 0 aliphatic carbocycles. The van der Waals surface area contributed by atoms with Crippen molar-refractivity contribution in [2.75, 3.05) is 13.1 Å². The van der Waals surface area contributed by atoms with E-state index >= 15 is 0 Å². The Balaban J connectivity index is 1.27. The molecule has 0 saturated carbocycles. The van der Waals surface area contributed by atoms with Crippen molar-refractivity contribution < 1.29 is 19.0 Å². The van der Waals surface area contributed by atoms with Crippen molar-refractivity contribution in [3.63, 3.8) is 0 Å².